The Hall–Kier alpha value is 3.02. The fraction of sp³-hybridized carbons (Fsp3) is 0. The molecule has 0 aromatic heterocycles. The van der Waals surface area contributed by atoms with Gasteiger partial charge in [0.2, 0.25) is 0 Å². The van der Waals surface area contributed by atoms with Crippen molar-refractivity contribution in [2.45, 2.75) is 0 Å². The summed E-state index contributed by atoms with van der Waals surface area (Å²) in [4.78, 5) is 0. The van der Waals surface area contributed by atoms with Gasteiger partial charge < -0.3 is 11.0 Å². The van der Waals surface area contributed by atoms with Crippen LogP contribution in [0.5, 0.6) is 0 Å². The van der Waals surface area contributed by atoms with Gasteiger partial charge in [-0.05, 0) is 0 Å². The molecule has 0 rings (SSSR count). The van der Waals surface area contributed by atoms with Gasteiger partial charge in [0.25, 0.3) is 0 Å². The summed E-state index contributed by atoms with van der Waals surface area (Å²) in [5, 5.41) is 0. The second kappa shape index (κ2) is 24.5. The van der Waals surface area contributed by atoms with E-state index < -0.39 is 30.8 Å². The van der Waals surface area contributed by atoms with Crippen LogP contribution in [-0.2, 0) is 0 Å². The predicted molar refractivity (Wildman–Crippen MR) is 33.2 cm³/mol. The first-order chi connectivity index (χ1) is 1.41. The first-order valence-electron chi connectivity index (χ1n) is 0.535. The molecule has 6 heteroatoms. The van der Waals surface area contributed by atoms with E-state index >= 15 is 0 Å². The predicted octanol–water partition coefficient (Wildman–Crippen LogP) is -1.57. The first-order valence-corrected chi connectivity index (χ1v) is 6.61. The van der Waals surface area contributed by atoms with Gasteiger partial charge in [-0.2, -0.15) is 0 Å². The van der Waals surface area contributed by atoms with E-state index in [1.54, 1.807) is 0 Å². The molecule has 0 saturated heterocycles. The maximum absolute atomic E-state index is 4.95. The van der Waals surface area contributed by atoms with E-state index in [1.165, 1.54) is 0 Å². The molecule has 0 aromatic carbocycles. The molecule has 0 aromatic rings. The zero-order valence-corrected chi connectivity index (χ0v) is 6.18. The van der Waals surface area contributed by atoms with E-state index in [4.69, 9.17) is 12.8 Å². The van der Waals surface area contributed by atoms with Crippen molar-refractivity contribution < 1.29 is 11.0 Å². The molecule has 36 valence electrons. The van der Waals surface area contributed by atoms with Crippen molar-refractivity contribution in [3.8, 4) is 0 Å². The molecular weight excluding hydrogens is 183 g/mol. The van der Waals surface area contributed by atoms with Crippen molar-refractivity contribution in [3.63, 3.8) is 0 Å². The molecule has 0 amide bonds. The van der Waals surface area contributed by atoms with Crippen LogP contribution in [0.4, 0.5) is 0 Å². The van der Waals surface area contributed by atoms with Gasteiger partial charge in [-0.3, -0.25) is 0 Å². The summed E-state index contributed by atoms with van der Waals surface area (Å²) in [5.74, 6) is 0. The monoisotopic (exact) mass is 188 g/mol. The molecule has 6 heavy (non-hydrogen) atoms. The number of hydrogen-bond donors (Lipinski definition) is 0. The van der Waals surface area contributed by atoms with E-state index in [1.807, 2.05) is 0 Å². The Morgan fingerprint density at radius 3 is 1.00 bits per heavy atom. The summed E-state index contributed by atoms with van der Waals surface area (Å²) >= 11 is -0.931. The molecule has 0 saturated carbocycles. The maximum atomic E-state index is 4.95. The quantitative estimate of drug-likeness (QED) is 0.413. The summed E-state index contributed by atoms with van der Waals surface area (Å²) in [6.07, 6.45) is 9.90. The van der Waals surface area contributed by atoms with Gasteiger partial charge in [-0.25, -0.2) is 0 Å². The zero-order valence-electron chi connectivity index (χ0n) is 2.46. The second-order valence-electron chi connectivity index (χ2n) is 0.101. The van der Waals surface area contributed by atoms with Crippen LogP contribution in [0.25, 0.3) is 0 Å². The van der Waals surface area contributed by atoms with Crippen LogP contribution < -0.4 is 0 Å². The summed E-state index contributed by atoms with van der Waals surface area (Å²) in [6, 6.07) is 0. The molecule has 0 heterocycles. The van der Waals surface area contributed by atoms with Crippen LogP contribution >= 0.6 is 12.8 Å². The van der Waals surface area contributed by atoms with E-state index in [0.29, 0.717) is 0 Å². The van der Waals surface area contributed by atoms with Crippen LogP contribution in [0.1, 0.15) is 0 Å². The number of rotatable bonds is 0. The Morgan fingerprint density at radius 1 is 1.00 bits per heavy atom. The summed E-state index contributed by atoms with van der Waals surface area (Å²) in [5.41, 5.74) is 0. The average Bonchev–Trinajstić information content (AvgIpc) is 0.918. The number of hydrogen-bond acceptors (Lipinski definition) is 0. The van der Waals surface area contributed by atoms with Crippen molar-refractivity contribution in [2.24, 2.45) is 0 Å². The Morgan fingerprint density at radius 2 is 1.00 bits per heavy atom. The number of halogens is 2. The van der Waals surface area contributed by atoms with E-state index in [2.05, 4.69) is 0 Å². The Balaban J connectivity index is -0.00000000667. The van der Waals surface area contributed by atoms with Crippen molar-refractivity contribution in [2.75, 3.05) is 0 Å². The molecule has 4 N–H and O–H groups in total. The van der Waals surface area contributed by atoms with Crippen LogP contribution in [-0.4, -0.2) is 79.5 Å². The van der Waals surface area contributed by atoms with Gasteiger partial charge in [0.15, 0.2) is 0 Å². The molecule has 0 unspecified atom stereocenters. The molecule has 0 aliphatic carbocycles. The van der Waals surface area contributed by atoms with Crippen LogP contribution in [0.3, 0.4) is 0 Å². The third-order valence-electron chi connectivity index (χ3n) is 0. The van der Waals surface area contributed by atoms with E-state index in [9.17, 15) is 0 Å². The minimum atomic E-state index is -0.931. The Labute approximate surface area is 89.9 Å². The molecule has 0 fully saturated rings. The van der Waals surface area contributed by atoms with Gasteiger partial charge in [0, 0.05) is 0 Å². The normalized spacial score (nSPS) is 1.67. The minimum absolute atomic E-state index is 0. The molecule has 0 spiro atoms. The molecule has 0 aliphatic rings. The molecule has 2 nitrogen and oxygen atoms in total. The van der Waals surface area contributed by atoms with Crippen molar-refractivity contribution in [1.82, 2.24) is 0 Å². The van der Waals surface area contributed by atoms with Gasteiger partial charge in [-0.1, -0.05) is 0 Å². The third kappa shape index (κ3) is 27.9. The summed E-state index contributed by atoms with van der Waals surface area (Å²) < 4.78 is 0. The van der Waals surface area contributed by atoms with E-state index in [-0.39, 0.29) is 48.7 Å². The second-order valence-corrected chi connectivity index (χ2v) is 3.75. The SMILES string of the molecule is O.O.[CaH2].[Cl][Ca][Cl]. The van der Waals surface area contributed by atoms with E-state index in [0.717, 1.165) is 0 Å². The summed E-state index contributed by atoms with van der Waals surface area (Å²) in [7, 11) is 0. The van der Waals surface area contributed by atoms with Crippen molar-refractivity contribution in [1.29, 1.82) is 0 Å². The fourth-order valence-electron chi connectivity index (χ4n) is 0. The standard InChI is InChI=1S/2Ca.2ClH.2H2O.2H/h;;2*1H;2*1H2;;/q;+2;;;;;;/p-2. The van der Waals surface area contributed by atoms with Crippen molar-refractivity contribution in [3.05, 3.63) is 0 Å². The average molecular weight is 189 g/mol. The van der Waals surface area contributed by atoms with Crippen LogP contribution in [0.2, 0.25) is 0 Å². The topological polar surface area (TPSA) is 63.0 Å². The molecule has 0 radical (unpaired) electrons. The zero-order chi connectivity index (χ0) is 2.71. The molecule has 0 atom stereocenters. The van der Waals surface area contributed by atoms with Gasteiger partial charge in [0.05, 0.1) is 0 Å². The fourth-order valence-corrected chi connectivity index (χ4v) is 0. The van der Waals surface area contributed by atoms with Crippen LogP contribution in [0, 0.1) is 0 Å². The van der Waals surface area contributed by atoms with Crippen LogP contribution in [0.15, 0.2) is 0 Å². The molecule has 0 bridgehead atoms. The third-order valence-corrected chi connectivity index (χ3v) is 0. The van der Waals surface area contributed by atoms with Gasteiger partial charge >= 0.3 is 81.4 Å². The van der Waals surface area contributed by atoms with Gasteiger partial charge in [-0.15, -0.1) is 0 Å². The Kier molecular flexibility index (Phi) is 93.8. The Bertz CT molecular complexity index is 9.51. The van der Waals surface area contributed by atoms with Gasteiger partial charge in [0.1, 0.15) is 0 Å². The summed E-state index contributed by atoms with van der Waals surface area (Å²) in [6.45, 7) is 0. The molecule has 0 aliphatic heterocycles. The first kappa shape index (κ1) is 23.0. The van der Waals surface area contributed by atoms with Crippen molar-refractivity contribution >= 4 is 81.4 Å². The molecular formula is H6Ca2Cl2O2.